The van der Waals surface area contributed by atoms with Crippen LogP contribution >= 0.6 is 0 Å². The third-order valence-electron chi connectivity index (χ3n) is 3.36. The summed E-state index contributed by atoms with van der Waals surface area (Å²) in [7, 11) is 1.48. The molecule has 0 radical (unpaired) electrons. The monoisotopic (exact) mass is 335 g/mol. The van der Waals surface area contributed by atoms with E-state index in [4.69, 9.17) is 4.74 Å². The van der Waals surface area contributed by atoms with E-state index in [1.807, 2.05) is 0 Å². The molecule has 0 fully saturated rings. The number of carbonyl (C=O) groups is 2. The molecule has 0 saturated carbocycles. The van der Waals surface area contributed by atoms with E-state index in [1.165, 1.54) is 7.11 Å². The van der Waals surface area contributed by atoms with Crippen LogP contribution in [0.3, 0.4) is 0 Å². The van der Waals surface area contributed by atoms with Crippen LogP contribution < -0.4 is 10.1 Å². The first-order chi connectivity index (χ1) is 11.4. The van der Waals surface area contributed by atoms with Gasteiger partial charge < -0.3 is 15.2 Å². The quantitative estimate of drug-likeness (QED) is 0.850. The highest BCUT2D eigenvalue weighted by molar-refractivity contribution is 5.96. The molecular formula is C17H15F2NO4. The molecule has 0 unspecified atom stereocenters. The summed E-state index contributed by atoms with van der Waals surface area (Å²) in [6.07, 6.45) is 0.0158. The fraction of sp³-hybridized carbons (Fsp3) is 0.176. The summed E-state index contributed by atoms with van der Waals surface area (Å²) in [4.78, 5) is 23.4. The first-order valence-corrected chi connectivity index (χ1v) is 7.02. The van der Waals surface area contributed by atoms with Gasteiger partial charge in [-0.15, -0.1) is 0 Å². The maximum Gasteiger partial charge on any atom is 0.326 e. The number of hydrogen-bond donors (Lipinski definition) is 2. The molecule has 1 atom stereocenters. The number of carboxylic acid groups (broad SMARTS) is 1. The van der Waals surface area contributed by atoms with Gasteiger partial charge in [-0.2, -0.15) is 0 Å². The van der Waals surface area contributed by atoms with Crippen molar-refractivity contribution in [2.24, 2.45) is 0 Å². The van der Waals surface area contributed by atoms with Crippen LogP contribution in [0.4, 0.5) is 8.78 Å². The van der Waals surface area contributed by atoms with Crippen LogP contribution in [-0.4, -0.2) is 30.1 Å². The molecule has 0 aliphatic heterocycles. The minimum absolute atomic E-state index is 0.0158. The molecule has 0 aromatic heterocycles. The molecule has 5 nitrogen and oxygen atoms in total. The maximum absolute atomic E-state index is 13.2. The van der Waals surface area contributed by atoms with E-state index >= 15 is 0 Å². The lowest BCUT2D eigenvalue weighted by Crippen LogP contribution is -2.42. The number of nitrogens with one attached hydrogen (secondary N) is 1. The Bertz CT molecular complexity index is 764. The van der Waals surface area contributed by atoms with Crippen molar-refractivity contribution in [2.75, 3.05) is 7.11 Å². The molecule has 0 aliphatic rings. The van der Waals surface area contributed by atoms with E-state index in [1.54, 1.807) is 24.3 Å². The van der Waals surface area contributed by atoms with Crippen LogP contribution in [0.5, 0.6) is 5.75 Å². The second-order valence-corrected chi connectivity index (χ2v) is 5.05. The minimum Gasteiger partial charge on any atom is -0.497 e. The second kappa shape index (κ2) is 7.54. The number of methoxy groups -OCH3 is 1. The summed E-state index contributed by atoms with van der Waals surface area (Å²) >= 11 is 0. The number of carbonyl (C=O) groups excluding carboxylic acids is 1. The van der Waals surface area contributed by atoms with Gasteiger partial charge in [0.2, 0.25) is 0 Å². The smallest absolute Gasteiger partial charge is 0.326 e. The van der Waals surface area contributed by atoms with Crippen molar-refractivity contribution in [3.05, 3.63) is 65.2 Å². The van der Waals surface area contributed by atoms with Crippen molar-refractivity contribution < 1.29 is 28.2 Å². The van der Waals surface area contributed by atoms with Crippen molar-refractivity contribution in [2.45, 2.75) is 12.5 Å². The average Bonchev–Trinajstić information content (AvgIpc) is 2.56. The summed E-state index contributed by atoms with van der Waals surface area (Å²) in [5.41, 5.74) is 0.484. The van der Waals surface area contributed by atoms with E-state index in [-0.39, 0.29) is 12.0 Å². The Morgan fingerprint density at radius 3 is 2.54 bits per heavy atom. The van der Waals surface area contributed by atoms with E-state index in [9.17, 15) is 23.5 Å². The summed E-state index contributed by atoms with van der Waals surface area (Å²) in [6, 6.07) is 8.14. The lowest BCUT2D eigenvalue weighted by Gasteiger charge is -2.15. The number of carboxylic acids is 1. The summed E-state index contributed by atoms with van der Waals surface area (Å²) < 4.78 is 31.1. The van der Waals surface area contributed by atoms with Crippen molar-refractivity contribution in [3.63, 3.8) is 0 Å². The minimum atomic E-state index is -1.24. The van der Waals surface area contributed by atoms with Gasteiger partial charge >= 0.3 is 5.97 Å². The number of benzene rings is 2. The summed E-state index contributed by atoms with van der Waals surface area (Å²) in [5.74, 6) is -3.75. The molecule has 2 aromatic carbocycles. The molecule has 1 amide bonds. The number of halogens is 2. The van der Waals surface area contributed by atoms with E-state index < -0.39 is 29.6 Å². The van der Waals surface area contributed by atoms with Crippen LogP contribution in [-0.2, 0) is 11.2 Å². The van der Waals surface area contributed by atoms with E-state index in [2.05, 4.69) is 5.32 Å². The molecule has 126 valence electrons. The highest BCUT2D eigenvalue weighted by atomic mass is 19.2. The van der Waals surface area contributed by atoms with Crippen LogP contribution in [0, 0.1) is 11.6 Å². The van der Waals surface area contributed by atoms with Crippen LogP contribution in [0.25, 0.3) is 0 Å². The van der Waals surface area contributed by atoms with E-state index in [0.29, 0.717) is 11.3 Å². The van der Waals surface area contributed by atoms with Gasteiger partial charge in [0.15, 0.2) is 11.6 Å². The Balaban J connectivity index is 2.14. The largest absolute Gasteiger partial charge is 0.497 e. The lowest BCUT2D eigenvalue weighted by molar-refractivity contribution is -0.139. The Morgan fingerprint density at radius 1 is 1.17 bits per heavy atom. The Morgan fingerprint density at radius 2 is 1.92 bits per heavy atom. The number of ether oxygens (including phenoxy) is 1. The molecule has 0 heterocycles. The van der Waals surface area contributed by atoms with Gasteiger partial charge in [0.1, 0.15) is 11.8 Å². The average molecular weight is 335 g/mol. The topological polar surface area (TPSA) is 75.6 Å². The molecule has 0 bridgehead atoms. The van der Waals surface area contributed by atoms with Gasteiger partial charge in [0.25, 0.3) is 5.91 Å². The fourth-order valence-electron chi connectivity index (χ4n) is 2.11. The summed E-state index contributed by atoms with van der Waals surface area (Å²) in [6.45, 7) is 0. The van der Waals surface area contributed by atoms with Gasteiger partial charge in [-0.05, 0) is 35.9 Å². The normalized spacial score (nSPS) is 11.6. The highest BCUT2D eigenvalue weighted by Crippen LogP contribution is 2.15. The zero-order valence-corrected chi connectivity index (χ0v) is 12.8. The molecular weight excluding hydrogens is 320 g/mol. The van der Waals surface area contributed by atoms with Crippen molar-refractivity contribution in [1.29, 1.82) is 0 Å². The highest BCUT2D eigenvalue weighted by Gasteiger charge is 2.22. The first-order valence-electron chi connectivity index (χ1n) is 7.02. The van der Waals surface area contributed by atoms with E-state index in [0.717, 1.165) is 18.2 Å². The molecule has 0 aliphatic carbocycles. The van der Waals surface area contributed by atoms with Gasteiger partial charge in [-0.25, -0.2) is 13.6 Å². The lowest BCUT2D eigenvalue weighted by atomic mass is 10.0. The van der Waals surface area contributed by atoms with Crippen molar-refractivity contribution in [1.82, 2.24) is 5.32 Å². The number of amides is 1. The zero-order chi connectivity index (χ0) is 17.7. The fourth-order valence-corrected chi connectivity index (χ4v) is 2.11. The first kappa shape index (κ1) is 17.4. The van der Waals surface area contributed by atoms with Crippen LogP contribution in [0.2, 0.25) is 0 Å². The third-order valence-corrected chi connectivity index (χ3v) is 3.36. The predicted molar refractivity (Wildman–Crippen MR) is 81.9 cm³/mol. The molecule has 24 heavy (non-hydrogen) atoms. The molecule has 0 spiro atoms. The number of aliphatic carboxylic acids is 1. The summed E-state index contributed by atoms with van der Waals surface area (Å²) in [5, 5.41) is 11.6. The molecule has 2 N–H and O–H groups in total. The van der Waals surface area contributed by atoms with Crippen molar-refractivity contribution >= 4 is 11.9 Å². The molecule has 0 saturated heterocycles. The Hall–Kier alpha value is -2.96. The zero-order valence-electron chi connectivity index (χ0n) is 12.8. The van der Waals surface area contributed by atoms with Crippen LogP contribution in [0.1, 0.15) is 15.9 Å². The molecule has 7 heteroatoms. The van der Waals surface area contributed by atoms with Gasteiger partial charge in [0.05, 0.1) is 7.11 Å². The SMILES string of the molecule is COc1cccc(C[C@H](NC(=O)c2ccc(F)c(F)c2)C(=O)O)c1. The number of rotatable bonds is 6. The third kappa shape index (κ3) is 4.28. The Labute approximate surface area is 136 Å². The van der Waals surface area contributed by atoms with Gasteiger partial charge in [0, 0.05) is 12.0 Å². The standard InChI is InChI=1S/C17H15F2NO4/c1-24-12-4-2-3-10(7-12)8-15(17(22)23)20-16(21)11-5-6-13(18)14(19)9-11/h2-7,9,15H,8H2,1H3,(H,20,21)(H,22,23)/t15-/m0/s1. The maximum atomic E-state index is 13.2. The predicted octanol–water partition coefficient (Wildman–Crippen LogP) is 2.40. The van der Waals surface area contributed by atoms with Gasteiger partial charge in [-0.3, -0.25) is 4.79 Å². The molecule has 2 rings (SSSR count). The second-order valence-electron chi connectivity index (χ2n) is 5.05. The Kier molecular flexibility index (Phi) is 5.47. The van der Waals surface area contributed by atoms with Crippen LogP contribution in [0.15, 0.2) is 42.5 Å². The van der Waals surface area contributed by atoms with Crippen molar-refractivity contribution in [3.8, 4) is 5.75 Å². The van der Waals surface area contributed by atoms with Gasteiger partial charge in [-0.1, -0.05) is 12.1 Å². The number of hydrogen-bond acceptors (Lipinski definition) is 3. The molecule has 2 aromatic rings.